The number of rotatable bonds is 5. The molecule has 0 unspecified atom stereocenters. The van der Waals surface area contributed by atoms with E-state index in [2.05, 4.69) is 10.3 Å². The molecule has 4 heteroatoms. The minimum absolute atomic E-state index is 0.160. The van der Waals surface area contributed by atoms with Crippen LogP contribution in [0.3, 0.4) is 0 Å². The molecule has 0 saturated carbocycles. The molecular formula is C15H16N2O2. The number of hydrogen-bond donors (Lipinski definition) is 2. The fourth-order valence-electron chi connectivity index (χ4n) is 1.83. The molecule has 0 saturated heterocycles. The van der Waals surface area contributed by atoms with Crippen molar-refractivity contribution in [3.63, 3.8) is 0 Å². The second-order valence-corrected chi connectivity index (χ2v) is 4.25. The first-order chi connectivity index (χ1) is 9.19. The lowest BCUT2D eigenvalue weighted by atomic mass is 10.1. The third kappa shape index (κ3) is 3.55. The van der Waals surface area contributed by atoms with Gasteiger partial charge in [-0.25, -0.2) is 4.98 Å². The molecule has 0 atom stereocenters. The van der Waals surface area contributed by atoms with Crippen molar-refractivity contribution in [2.45, 2.75) is 12.8 Å². The number of anilines is 1. The predicted octanol–water partition coefficient (Wildman–Crippen LogP) is 2.81. The first-order valence-electron chi connectivity index (χ1n) is 6.15. The van der Waals surface area contributed by atoms with Crippen molar-refractivity contribution in [1.29, 1.82) is 0 Å². The summed E-state index contributed by atoms with van der Waals surface area (Å²) in [7, 11) is 1.83. The Kier molecular flexibility index (Phi) is 4.13. The Labute approximate surface area is 112 Å². The summed E-state index contributed by atoms with van der Waals surface area (Å²) in [6.45, 7) is 0. The van der Waals surface area contributed by atoms with Gasteiger partial charge in [0.15, 0.2) is 0 Å². The summed E-state index contributed by atoms with van der Waals surface area (Å²) in [6.07, 6.45) is 0.715. The van der Waals surface area contributed by atoms with E-state index in [1.165, 1.54) is 0 Å². The quantitative estimate of drug-likeness (QED) is 0.863. The van der Waals surface area contributed by atoms with Crippen molar-refractivity contribution in [3.8, 4) is 11.3 Å². The van der Waals surface area contributed by atoms with E-state index >= 15 is 0 Å². The lowest BCUT2D eigenvalue weighted by Gasteiger charge is -2.05. The number of nitrogens with one attached hydrogen (secondary N) is 1. The zero-order chi connectivity index (χ0) is 13.7. The number of aromatic nitrogens is 1. The van der Waals surface area contributed by atoms with Crippen LogP contribution in [0.1, 0.15) is 12.0 Å². The fourth-order valence-corrected chi connectivity index (χ4v) is 1.83. The van der Waals surface area contributed by atoms with Crippen LogP contribution in [-0.4, -0.2) is 23.1 Å². The summed E-state index contributed by atoms with van der Waals surface area (Å²) < 4.78 is 0. The van der Waals surface area contributed by atoms with E-state index in [1.54, 1.807) is 0 Å². The third-order valence-corrected chi connectivity index (χ3v) is 2.88. The minimum atomic E-state index is -0.771. The molecule has 19 heavy (non-hydrogen) atoms. The van der Waals surface area contributed by atoms with Crippen molar-refractivity contribution >= 4 is 11.8 Å². The maximum atomic E-state index is 10.5. The van der Waals surface area contributed by atoms with Crippen LogP contribution in [0.4, 0.5) is 5.82 Å². The third-order valence-electron chi connectivity index (χ3n) is 2.88. The van der Waals surface area contributed by atoms with Crippen molar-refractivity contribution in [3.05, 3.63) is 48.0 Å². The number of benzene rings is 1. The zero-order valence-electron chi connectivity index (χ0n) is 10.8. The topological polar surface area (TPSA) is 62.2 Å². The van der Waals surface area contributed by atoms with E-state index in [9.17, 15) is 4.79 Å². The molecule has 4 nitrogen and oxygen atoms in total. The highest BCUT2D eigenvalue weighted by atomic mass is 16.4. The van der Waals surface area contributed by atoms with Crippen LogP contribution < -0.4 is 5.32 Å². The Morgan fingerprint density at radius 2 is 1.95 bits per heavy atom. The van der Waals surface area contributed by atoms with Gasteiger partial charge >= 0.3 is 5.97 Å². The van der Waals surface area contributed by atoms with Gasteiger partial charge in [0, 0.05) is 19.0 Å². The molecule has 0 aliphatic rings. The summed E-state index contributed by atoms with van der Waals surface area (Å²) >= 11 is 0. The number of aliphatic carboxylic acids is 1. The SMILES string of the molecule is CNc1cccc(-c2ccc(CCC(=O)O)cc2)n1. The number of hydrogen-bond acceptors (Lipinski definition) is 3. The van der Waals surface area contributed by atoms with Gasteiger partial charge in [0.25, 0.3) is 0 Å². The van der Waals surface area contributed by atoms with Gasteiger partial charge < -0.3 is 10.4 Å². The molecule has 0 radical (unpaired) electrons. The highest BCUT2D eigenvalue weighted by molar-refractivity contribution is 5.67. The molecule has 1 heterocycles. The van der Waals surface area contributed by atoms with Crippen molar-refractivity contribution in [1.82, 2.24) is 4.98 Å². The molecule has 98 valence electrons. The van der Waals surface area contributed by atoms with Gasteiger partial charge in [-0.2, -0.15) is 0 Å². The predicted molar refractivity (Wildman–Crippen MR) is 75.2 cm³/mol. The summed E-state index contributed by atoms with van der Waals surface area (Å²) in [5, 5.41) is 11.7. The zero-order valence-corrected chi connectivity index (χ0v) is 10.8. The highest BCUT2D eigenvalue weighted by Crippen LogP contribution is 2.19. The normalized spacial score (nSPS) is 10.2. The van der Waals surface area contributed by atoms with Gasteiger partial charge in [-0.1, -0.05) is 30.3 Å². The van der Waals surface area contributed by atoms with Gasteiger partial charge in [0.1, 0.15) is 5.82 Å². The molecule has 0 aliphatic heterocycles. The molecule has 1 aromatic carbocycles. The second-order valence-electron chi connectivity index (χ2n) is 4.25. The van der Waals surface area contributed by atoms with Gasteiger partial charge in [-0.15, -0.1) is 0 Å². The van der Waals surface area contributed by atoms with Crippen LogP contribution in [0.5, 0.6) is 0 Å². The van der Waals surface area contributed by atoms with Crippen molar-refractivity contribution < 1.29 is 9.90 Å². The average Bonchev–Trinajstić information content (AvgIpc) is 2.45. The van der Waals surface area contributed by atoms with E-state index in [1.807, 2.05) is 49.5 Å². The van der Waals surface area contributed by atoms with Crippen molar-refractivity contribution in [2.24, 2.45) is 0 Å². The summed E-state index contributed by atoms with van der Waals surface area (Å²) in [5.74, 6) is 0.0555. The van der Waals surface area contributed by atoms with Gasteiger partial charge in [-0.3, -0.25) is 4.79 Å². The first kappa shape index (κ1) is 13.1. The highest BCUT2D eigenvalue weighted by Gasteiger charge is 2.02. The lowest BCUT2D eigenvalue weighted by molar-refractivity contribution is -0.136. The van der Waals surface area contributed by atoms with Crippen LogP contribution in [0.2, 0.25) is 0 Å². The molecule has 0 amide bonds. The summed E-state index contributed by atoms with van der Waals surface area (Å²) in [5.41, 5.74) is 2.95. The van der Waals surface area contributed by atoms with Crippen LogP contribution in [0, 0.1) is 0 Å². The molecule has 1 aromatic heterocycles. The van der Waals surface area contributed by atoms with Crippen LogP contribution >= 0.6 is 0 Å². The van der Waals surface area contributed by atoms with Crippen molar-refractivity contribution in [2.75, 3.05) is 12.4 Å². The molecule has 2 N–H and O–H groups in total. The van der Waals surface area contributed by atoms with Crippen LogP contribution in [-0.2, 0) is 11.2 Å². The molecule has 2 aromatic rings. The Bertz CT molecular complexity index is 565. The van der Waals surface area contributed by atoms with E-state index in [0.717, 1.165) is 22.6 Å². The Morgan fingerprint density at radius 1 is 1.21 bits per heavy atom. The summed E-state index contributed by atoms with van der Waals surface area (Å²) in [6, 6.07) is 13.7. The molecule has 2 rings (SSSR count). The van der Waals surface area contributed by atoms with Crippen LogP contribution in [0.25, 0.3) is 11.3 Å². The number of nitrogens with zero attached hydrogens (tertiary/aromatic N) is 1. The summed E-state index contributed by atoms with van der Waals surface area (Å²) in [4.78, 5) is 15.0. The molecule has 0 fully saturated rings. The van der Waals surface area contributed by atoms with E-state index in [0.29, 0.717) is 6.42 Å². The van der Waals surface area contributed by atoms with Gasteiger partial charge in [0.05, 0.1) is 5.69 Å². The van der Waals surface area contributed by atoms with E-state index in [-0.39, 0.29) is 6.42 Å². The second kappa shape index (κ2) is 6.00. The Balaban J connectivity index is 2.15. The molecule has 0 spiro atoms. The number of aryl methyl sites for hydroxylation is 1. The number of carbonyl (C=O) groups is 1. The Morgan fingerprint density at radius 3 is 2.58 bits per heavy atom. The fraction of sp³-hybridized carbons (Fsp3) is 0.200. The number of carboxylic acids is 1. The van der Waals surface area contributed by atoms with Gasteiger partial charge in [-0.05, 0) is 24.1 Å². The minimum Gasteiger partial charge on any atom is -0.481 e. The van der Waals surface area contributed by atoms with Crippen LogP contribution in [0.15, 0.2) is 42.5 Å². The maximum absolute atomic E-state index is 10.5. The number of carboxylic acid groups (broad SMARTS) is 1. The smallest absolute Gasteiger partial charge is 0.303 e. The molecular weight excluding hydrogens is 240 g/mol. The average molecular weight is 256 g/mol. The molecule has 0 bridgehead atoms. The Hall–Kier alpha value is -2.36. The molecule has 0 aliphatic carbocycles. The van der Waals surface area contributed by atoms with Gasteiger partial charge in [0.2, 0.25) is 0 Å². The standard InChI is InChI=1S/C15H16N2O2/c1-16-14-4-2-3-13(17-14)12-8-5-11(6-9-12)7-10-15(18)19/h2-6,8-9H,7,10H2,1H3,(H,16,17)(H,18,19). The monoisotopic (exact) mass is 256 g/mol. The largest absolute Gasteiger partial charge is 0.481 e. The lowest BCUT2D eigenvalue weighted by Crippen LogP contribution is -1.97. The maximum Gasteiger partial charge on any atom is 0.303 e. The van der Waals surface area contributed by atoms with E-state index in [4.69, 9.17) is 5.11 Å². The first-order valence-corrected chi connectivity index (χ1v) is 6.15. The van der Waals surface area contributed by atoms with E-state index < -0.39 is 5.97 Å². The number of pyridine rings is 1.